The lowest BCUT2D eigenvalue weighted by molar-refractivity contribution is 0.266. The van der Waals surface area contributed by atoms with E-state index in [0.29, 0.717) is 6.04 Å². The number of hydrogen-bond acceptors (Lipinski definition) is 3. The summed E-state index contributed by atoms with van der Waals surface area (Å²) >= 11 is 1.80. The molecule has 0 bridgehead atoms. The molecule has 2 aromatic rings. The van der Waals surface area contributed by atoms with E-state index in [9.17, 15) is 5.11 Å². The average molecular weight is 299 g/mol. The molecule has 0 spiro atoms. The van der Waals surface area contributed by atoms with Crippen LogP contribution in [0.1, 0.15) is 18.4 Å². The normalized spacial score (nSPS) is 18.2. The van der Waals surface area contributed by atoms with Gasteiger partial charge in [0.15, 0.2) is 0 Å². The molecule has 1 saturated heterocycles. The van der Waals surface area contributed by atoms with E-state index >= 15 is 0 Å². The fraction of sp³-hybridized carbons (Fsp3) is 0.333. The number of rotatable bonds is 4. The van der Waals surface area contributed by atoms with E-state index in [2.05, 4.69) is 60.4 Å². The average Bonchev–Trinajstić information content (AvgIpc) is 2.99. The SMILES string of the molecule is Cc1ccccc1Sc1ccc(N2CCC[C@H]2CO)cc1. The van der Waals surface area contributed by atoms with Gasteiger partial charge in [-0.3, -0.25) is 0 Å². The monoisotopic (exact) mass is 299 g/mol. The van der Waals surface area contributed by atoms with Gasteiger partial charge in [0.25, 0.3) is 0 Å². The van der Waals surface area contributed by atoms with Gasteiger partial charge in [-0.1, -0.05) is 30.0 Å². The van der Waals surface area contributed by atoms with Gasteiger partial charge in [0.05, 0.1) is 12.6 Å². The first kappa shape index (κ1) is 14.5. The van der Waals surface area contributed by atoms with Crippen LogP contribution in [-0.2, 0) is 0 Å². The summed E-state index contributed by atoms with van der Waals surface area (Å²) in [5, 5.41) is 9.43. The minimum Gasteiger partial charge on any atom is -0.394 e. The smallest absolute Gasteiger partial charge is 0.0635 e. The number of aryl methyl sites for hydroxylation is 1. The van der Waals surface area contributed by atoms with Crippen LogP contribution in [-0.4, -0.2) is 24.3 Å². The Bertz CT molecular complexity index is 596. The molecule has 21 heavy (non-hydrogen) atoms. The molecule has 0 unspecified atom stereocenters. The maximum Gasteiger partial charge on any atom is 0.0635 e. The Kier molecular flexibility index (Phi) is 4.51. The summed E-state index contributed by atoms with van der Waals surface area (Å²) in [6, 6.07) is 17.5. The number of benzene rings is 2. The highest BCUT2D eigenvalue weighted by molar-refractivity contribution is 7.99. The molecule has 0 aliphatic carbocycles. The predicted octanol–water partition coefficient (Wildman–Crippen LogP) is 4.11. The highest BCUT2D eigenvalue weighted by atomic mass is 32.2. The first-order valence-electron chi connectivity index (χ1n) is 7.49. The first-order valence-corrected chi connectivity index (χ1v) is 8.30. The molecule has 110 valence electrons. The molecule has 1 atom stereocenters. The summed E-state index contributed by atoms with van der Waals surface area (Å²) in [7, 11) is 0. The van der Waals surface area contributed by atoms with E-state index in [0.717, 1.165) is 13.0 Å². The Morgan fingerprint density at radius 2 is 1.90 bits per heavy atom. The number of aliphatic hydroxyl groups excluding tert-OH is 1. The van der Waals surface area contributed by atoms with Crippen molar-refractivity contribution in [3.63, 3.8) is 0 Å². The fourth-order valence-electron chi connectivity index (χ4n) is 2.87. The lowest BCUT2D eigenvalue weighted by Gasteiger charge is -2.25. The molecule has 1 heterocycles. The Hall–Kier alpha value is -1.45. The maximum atomic E-state index is 9.43. The number of aliphatic hydroxyl groups is 1. The highest BCUT2D eigenvalue weighted by Crippen LogP contribution is 2.32. The Morgan fingerprint density at radius 1 is 1.14 bits per heavy atom. The summed E-state index contributed by atoms with van der Waals surface area (Å²) in [4.78, 5) is 4.88. The van der Waals surface area contributed by atoms with Crippen molar-refractivity contribution in [2.24, 2.45) is 0 Å². The second kappa shape index (κ2) is 6.54. The van der Waals surface area contributed by atoms with E-state index in [-0.39, 0.29) is 6.61 Å². The molecule has 1 aliphatic heterocycles. The van der Waals surface area contributed by atoms with Crippen molar-refractivity contribution in [2.75, 3.05) is 18.1 Å². The molecule has 0 amide bonds. The topological polar surface area (TPSA) is 23.5 Å². The maximum absolute atomic E-state index is 9.43. The van der Waals surface area contributed by atoms with Gasteiger partial charge < -0.3 is 10.0 Å². The molecule has 3 rings (SSSR count). The zero-order valence-corrected chi connectivity index (χ0v) is 13.1. The zero-order chi connectivity index (χ0) is 14.7. The highest BCUT2D eigenvalue weighted by Gasteiger charge is 2.23. The van der Waals surface area contributed by atoms with Gasteiger partial charge in [-0.05, 0) is 55.7 Å². The lowest BCUT2D eigenvalue weighted by Crippen LogP contribution is -2.31. The summed E-state index contributed by atoms with van der Waals surface area (Å²) in [5.74, 6) is 0. The van der Waals surface area contributed by atoms with E-state index in [1.165, 1.54) is 27.5 Å². The number of hydrogen-bond donors (Lipinski definition) is 1. The molecule has 1 N–H and O–H groups in total. The second-order valence-corrected chi connectivity index (χ2v) is 6.65. The van der Waals surface area contributed by atoms with Crippen LogP contribution in [0.15, 0.2) is 58.3 Å². The predicted molar refractivity (Wildman–Crippen MR) is 89.2 cm³/mol. The van der Waals surface area contributed by atoms with Gasteiger partial charge in [-0.25, -0.2) is 0 Å². The molecule has 3 heteroatoms. The molecule has 1 aliphatic rings. The van der Waals surface area contributed by atoms with Crippen LogP contribution in [0.3, 0.4) is 0 Å². The summed E-state index contributed by atoms with van der Waals surface area (Å²) < 4.78 is 0. The molecule has 0 radical (unpaired) electrons. The summed E-state index contributed by atoms with van der Waals surface area (Å²) in [5.41, 5.74) is 2.53. The molecular weight excluding hydrogens is 278 g/mol. The van der Waals surface area contributed by atoms with Crippen LogP contribution in [0, 0.1) is 6.92 Å². The standard InChI is InChI=1S/C18H21NOS/c1-14-5-2-3-7-18(14)21-17-10-8-15(9-11-17)19-12-4-6-16(19)13-20/h2-3,5,7-11,16,20H,4,6,12-13H2,1H3/t16-/m0/s1. The first-order chi connectivity index (χ1) is 10.3. The van der Waals surface area contributed by atoms with Gasteiger partial charge >= 0.3 is 0 Å². The molecular formula is C18H21NOS. The van der Waals surface area contributed by atoms with E-state index < -0.39 is 0 Å². The van der Waals surface area contributed by atoms with Gasteiger partial charge in [-0.2, -0.15) is 0 Å². The minimum absolute atomic E-state index is 0.250. The van der Waals surface area contributed by atoms with Gasteiger partial charge in [0, 0.05) is 22.0 Å². The molecule has 0 aromatic heterocycles. The number of anilines is 1. The van der Waals surface area contributed by atoms with Crippen LogP contribution in [0.2, 0.25) is 0 Å². The van der Waals surface area contributed by atoms with Crippen molar-refractivity contribution in [1.82, 2.24) is 0 Å². The van der Waals surface area contributed by atoms with Gasteiger partial charge in [0.1, 0.15) is 0 Å². The second-order valence-electron chi connectivity index (χ2n) is 5.53. The zero-order valence-electron chi connectivity index (χ0n) is 12.3. The van der Waals surface area contributed by atoms with Crippen LogP contribution in [0.4, 0.5) is 5.69 Å². The van der Waals surface area contributed by atoms with Crippen molar-refractivity contribution in [3.05, 3.63) is 54.1 Å². The Labute approximate surface area is 130 Å². The van der Waals surface area contributed by atoms with Crippen molar-refractivity contribution in [1.29, 1.82) is 0 Å². The molecule has 1 fully saturated rings. The minimum atomic E-state index is 0.250. The van der Waals surface area contributed by atoms with Crippen molar-refractivity contribution >= 4 is 17.4 Å². The van der Waals surface area contributed by atoms with Crippen LogP contribution in [0.5, 0.6) is 0 Å². The van der Waals surface area contributed by atoms with E-state index in [4.69, 9.17) is 0 Å². The molecule has 2 aromatic carbocycles. The van der Waals surface area contributed by atoms with E-state index in [1.807, 2.05) is 0 Å². The van der Waals surface area contributed by atoms with Gasteiger partial charge in [0.2, 0.25) is 0 Å². The van der Waals surface area contributed by atoms with Gasteiger partial charge in [-0.15, -0.1) is 0 Å². The lowest BCUT2D eigenvalue weighted by atomic mass is 10.2. The van der Waals surface area contributed by atoms with E-state index in [1.54, 1.807) is 11.8 Å². The summed E-state index contributed by atoms with van der Waals surface area (Å²) in [6.07, 6.45) is 2.27. The third kappa shape index (κ3) is 3.25. The molecule has 2 nitrogen and oxygen atoms in total. The van der Waals surface area contributed by atoms with Crippen LogP contribution >= 0.6 is 11.8 Å². The summed E-state index contributed by atoms with van der Waals surface area (Å²) in [6.45, 7) is 3.45. The van der Waals surface area contributed by atoms with Crippen LogP contribution < -0.4 is 4.90 Å². The quantitative estimate of drug-likeness (QED) is 0.919. The van der Waals surface area contributed by atoms with Crippen molar-refractivity contribution in [3.8, 4) is 0 Å². The molecule has 0 saturated carbocycles. The van der Waals surface area contributed by atoms with Crippen molar-refractivity contribution < 1.29 is 5.11 Å². The third-order valence-electron chi connectivity index (χ3n) is 4.08. The van der Waals surface area contributed by atoms with Crippen LogP contribution in [0.25, 0.3) is 0 Å². The largest absolute Gasteiger partial charge is 0.394 e. The Balaban J connectivity index is 1.74. The third-order valence-corrected chi connectivity index (χ3v) is 5.26. The van der Waals surface area contributed by atoms with Crippen molar-refractivity contribution in [2.45, 2.75) is 35.6 Å². The fourth-order valence-corrected chi connectivity index (χ4v) is 3.77. The number of nitrogens with zero attached hydrogens (tertiary/aromatic N) is 1. The Morgan fingerprint density at radius 3 is 2.62 bits per heavy atom.